The van der Waals surface area contributed by atoms with E-state index < -0.39 is 58.5 Å². The first-order valence-electron chi connectivity index (χ1n) is 24.3. The number of nitrogens with one attached hydrogen (secondary N) is 2. The van der Waals surface area contributed by atoms with Crippen LogP contribution >= 0.6 is 8.53 Å². The largest absolute Gasteiger partial charge is 0.497 e. The molecule has 6 rings (SSSR count). The van der Waals surface area contributed by atoms with Crippen molar-refractivity contribution >= 4 is 39.9 Å². The van der Waals surface area contributed by atoms with Gasteiger partial charge in [0.2, 0.25) is 20.2 Å². The van der Waals surface area contributed by atoms with Crippen LogP contribution in [0.5, 0.6) is 11.5 Å². The van der Waals surface area contributed by atoms with E-state index in [-0.39, 0.29) is 72.2 Å². The Hall–Kier alpha value is -5.06. The molecule has 3 aromatic carbocycles. The van der Waals surface area contributed by atoms with Crippen molar-refractivity contribution in [1.29, 1.82) is 5.26 Å². The van der Waals surface area contributed by atoms with Crippen LogP contribution < -0.4 is 20.3 Å². The molecular weight excluding hydrogens is 942 g/mol. The van der Waals surface area contributed by atoms with E-state index in [0.717, 1.165) is 16.7 Å². The van der Waals surface area contributed by atoms with Gasteiger partial charge in [0.15, 0.2) is 17.4 Å². The van der Waals surface area contributed by atoms with Gasteiger partial charge in [-0.05, 0) is 85.3 Å². The lowest BCUT2D eigenvalue weighted by molar-refractivity contribution is -0.147. The second-order valence-corrected chi connectivity index (χ2v) is 26.0. The van der Waals surface area contributed by atoms with Gasteiger partial charge in [-0.3, -0.25) is 24.5 Å². The molecule has 1 fully saturated rings. The summed E-state index contributed by atoms with van der Waals surface area (Å²) in [6.07, 6.45) is -2.30. The first kappa shape index (κ1) is 55.3. The summed E-state index contributed by atoms with van der Waals surface area (Å²) in [4.78, 5) is 37.7. The number of hydrogen-bond acceptors (Lipinski definition) is 14. The maximum atomic E-state index is 13.6. The molecule has 2 N–H and O–H groups in total. The van der Waals surface area contributed by atoms with E-state index in [4.69, 9.17) is 37.2 Å². The Morgan fingerprint density at radius 3 is 1.93 bits per heavy atom. The molecule has 384 valence electrons. The van der Waals surface area contributed by atoms with Gasteiger partial charge in [-0.15, -0.1) is 0 Å². The number of ether oxygens (including phenoxy) is 5. The van der Waals surface area contributed by atoms with Crippen molar-refractivity contribution in [2.24, 2.45) is 0 Å². The second-order valence-electron chi connectivity index (χ2n) is 19.1. The van der Waals surface area contributed by atoms with Gasteiger partial charge in [0.25, 0.3) is 14.1 Å². The van der Waals surface area contributed by atoms with Gasteiger partial charge in [0, 0.05) is 19.0 Å². The number of H-pyrrole nitrogens is 1. The average molecular weight is 1010 g/mol. The van der Waals surface area contributed by atoms with E-state index in [2.05, 4.69) is 100 Å². The monoisotopic (exact) mass is 1010 g/mol. The number of methoxy groups -OCH3 is 2. The molecule has 19 heteroatoms. The first-order chi connectivity index (χ1) is 33.9. The zero-order valence-corrected chi connectivity index (χ0v) is 45.3. The highest BCUT2D eigenvalue weighted by Gasteiger charge is 2.54. The fraction of sp³-hybridized carbons (Fsp3) is 0.519. The maximum Gasteiger partial charge on any atom is 0.280 e. The molecule has 0 spiro atoms. The molecule has 1 aliphatic heterocycles. The molecule has 1 unspecified atom stereocenters. The number of anilines is 1. The van der Waals surface area contributed by atoms with Crippen LogP contribution in [0.1, 0.15) is 106 Å². The molecule has 17 nitrogen and oxygen atoms in total. The van der Waals surface area contributed by atoms with Gasteiger partial charge in [-0.25, -0.2) is 9.65 Å². The van der Waals surface area contributed by atoms with Crippen LogP contribution in [0, 0.1) is 11.3 Å². The van der Waals surface area contributed by atoms with Crippen LogP contribution in [0.15, 0.2) is 90.0 Å². The van der Waals surface area contributed by atoms with E-state index in [1.807, 2.05) is 78.9 Å². The van der Waals surface area contributed by atoms with Crippen LogP contribution in [0.3, 0.4) is 0 Å². The van der Waals surface area contributed by atoms with Crippen LogP contribution in [0.2, 0.25) is 16.6 Å². The summed E-state index contributed by atoms with van der Waals surface area (Å²) in [5.41, 5.74) is 1.32. The van der Waals surface area contributed by atoms with Gasteiger partial charge in [0.1, 0.15) is 42.2 Å². The number of fused-ring (bicyclic) bond motifs is 1. The van der Waals surface area contributed by atoms with Crippen molar-refractivity contribution in [3.05, 3.63) is 112 Å². The SMILES string of the molecule is COc1ccc(C(O[C@H]2[C@@H](OCO[Si](C(C)C)(C(C)C)C(C)C)[C@H](n3cnc4c(=O)[nH]c(NC(C)=O)nc43)O[C@@H]2COP(OCCC#N)N(C(C)C)C(C)C)(c2ccccc2)c2ccc(OC)cc2)cc1. The third-order valence-corrected chi connectivity index (χ3v) is 21.2. The highest BCUT2D eigenvalue weighted by molar-refractivity contribution is 7.44. The highest BCUT2D eigenvalue weighted by atomic mass is 31.2. The van der Waals surface area contributed by atoms with E-state index in [0.29, 0.717) is 11.5 Å². The lowest BCUT2D eigenvalue weighted by Crippen LogP contribution is -2.50. The van der Waals surface area contributed by atoms with E-state index >= 15 is 0 Å². The highest BCUT2D eigenvalue weighted by Crippen LogP contribution is 2.50. The predicted molar refractivity (Wildman–Crippen MR) is 277 cm³/mol. The van der Waals surface area contributed by atoms with Gasteiger partial charge in [-0.1, -0.05) is 96.1 Å². The Labute approximate surface area is 420 Å². The van der Waals surface area contributed by atoms with Crippen molar-refractivity contribution < 1.29 is 42.0 Å². The van der Waals surface area contributed by atoms with E-state index in [9.17, 15) is 14.9 Å². The van der Waals surface area contributed by atoms with Crippen molar-refractivity contribution in [3.63, 3.8) is 0 Å². The average Bonchev–Trinajstić information content (AvgIpc) is 3.91. The molecule has 1 amide bonds. The molecule has 0 radical (unpaired) electrons. The van der Waals surface area contributed by atoms with E-state index in [1.165, 1.54) is 13.3 Å². The van der Waals surface area contributed by atoms with Crippen molar-refractivity contribution in [2.45, 2.75) is 141 Å². The predicted octanol–water partition coefficient (Wildman–Crippen LogP) is 10.2. The third kappa shape index (κ3) is 12.1. The molecule has 5 aromatic rings. The molecule has 1 saturated heterocycles. The lowest BCUT2D eigenvalue weighted by Gasteiger charge is -2.43. The van der Waals surface area contributed by atoms with Gasteiger partial charge >= 0.3 is 0 Å². The Balaban J connectivity index is 1.62. The minimum atomic E-state index is -2.52. The molecule has 0 saturated carbocycles. The van der Waals surface area contributed by atoms with Crippen LogP contribution in [0.25, 0.3) is 11.2 Å². The van der Waals surface area contributed by atoms with Gasteiger partial charge < -0.3 is 37.2 Å². The Kier molecular flexibility index (Phi) is 19.1. The number of hydrogen-bond donors (Lipinski definition) is 2. The quantitative estimate of drug-likeness (QED) is 0.0184. The molecule has 2 aromatic heterocycles. The number of nitrogens with zero attached hydrogens (tertiary/aromatic N) is 5. The fourth-order valence-electron chi connectivity index (χ4n) is 10.1. The molecule has 5 atom stereocenters. The lowest BCUT2D eigenvalue weighted by atomic mass is 9.79. The second kappa shape index (κ2) is 24.6. The zero-order chi connectivity index (χ0) is 51.6. The molecule has 1 aliphatic rings. The number of aromatic amines is 1. The summed E-state index contributed by atoms with van der Waals surface area (Å²) in [5, 5.41) is 12.1. The minimum absolute atomic E-state index is 0.0168. The number of carbonyl (C=O) groups excluding carboxylic acids is 1. The standard InChI is InChI=1S/C52H72N7O10PSi/c1-33(2)59(34(3)4)70(65-29-17-28-53)66-30-44-46(69-52(39-18-15-14-16-19-39,40-20-24-42(62-12)25-21-40)41-22-26-43(63-13)27-23-41)47(64-32-67-71(35(5)6,36(7)8)37(9)10)50(68-44)58-31-54-45-48(58)56-51(55-38(11)60)57-49(45)61/h14-16,18-27,31,33-37,44,46-47,50H,17,29-30,32H2,1-13H3,(H2,55,56,57,60,61)/t44-,46-,47-,50-,70?/m1/s1. The summed E-state index contributed by atoms with van der Waals surface area (Å²) < 4.78 is 57.9. The number of imidazole rings is 1. The Bertz CT molecular complexity index is 2510. The van der Waals surface area contributed by atoms with E-state index in [1.54, 1.807) is 18.8 Å². The number of aromatic nitrogens is 4. The number of nitriles is 1. The summed E-state index contributed by atoms with van der Waals surface area (Å²) in [6, 6.07) is 27.7. The smallest absolute Gasteiger partial charge is 0.280 e. The topological polar surface area (TPSA) is 194 Å². The molecule has 3 heterocycles. The van der Waals surface area contributed by atoms with Crippen molar-refractivity contribution in [3.8, 4) is 17.6 Å². The van der Waals surface area contributed by atoms with Crippen LogP contribution in [-0.2, 0) is 38.1 Å². The summed E-state index contributed by atoms with van der Waals surface area (Å²) in [5.74, 6) is 0.831. The van der Waals surface area contributed by atoms with Crippen LogP contribution in [0.4, 0.5) is 5.95 Å². The molecular formula is C52H72N7O10PSi. The Morgan fingerprint density at radius 1 is 0.859 bits per heavy atom. The summed E-state index contributed by atoms with van der Waals surface area (Å²) >= 11 is 0. The number of benzene rings is 3. The number of carbonyl (C=O) groups is 1. The minimum Gasteiger partial charge on any atom is -0.497 e. The van der Waals surface area contributed by atoms with Crippen LogP contribution in [-0.4, -0.2) is 103 Å². The normalized spacial score (nSPS) is 18.1. The molecule has 71 heavy (non-hydrogen) atoms. The first-order valence-corrected chi connectivity index (χ1v) is 27.6. The summed E-state index contributed by atoms with van der Waals surface area (Å²) in [7, 11) is -1.02. The molecule has 0 aliphatic carbocycles. The Morgan fingerprint density at radius 2 is 1.42 bits per heavy atom. The fourth-order valence-corrected chi connectivity index (χ4v) is 17.0. The number of rotatable bonds is 25. The number of amides is 1. The van der Waals surface area contributed by atoms with Gasteiger partial charge in [0.05, 0.1) is 46.3 Å². The van der Waals surface area contributed by atoms with Crippen molar-refractivity contribution in [1.82, 2.24) is 24.2 Å². The zero-order valence-electron chi connectivity index (χ0n) is 43.4. The van der Waals surface area contributed by atoms with Crippen molar-refractivity contribution in [2.75, 3.05) is 39.5 Å². The third-order valence-electron chi connectivity index (χ3n) is 13.1. The maximum absolute atomic E-state index is 13.6. The summed E-state index contributed by atoms with van der Waals surface area (Å²) in [6.45, 7) is 22.9. The van der Waals surface area contributed by atoms with Gasteiger partial charge in [-0.2, -0.15) is 10.2 Å². The molecule has 0 bridgehead atoms.